The minimum absolute atomic E-state index is 0.00322. The Morgan fingerprint density at radius 3 is 2.26 bits per heavy atom. The van der Waals surface area contributed by atoms with E-state index in [9.17, 15) is 26.4 Å². The molecule has 0 aliphatic rings. The molecule has 3 rings (SSSR count). The van der Waals surface area contributed by atoms with Gasteiger partial charge in [-0.25, -0.2) is 0 Å². The van der Waals surface area contributed by atoms with Crippen molar-refractivity contribution >= 4 is 21.7 Å². The quantitative estimate of drug-likeness (QED) is 0.534. The number of aryl methyl sites for hydroxylation is 2. The van der Waals surface area contributed by atoms with Crippen LogP contribution in [0.25, 0.3) is 0 Å². The van der Waals surface area contributed by atoms with Crippen molar-refractivity contribution in [2.45, 2.75) is 24.9 Å². The van der Waals surface area contributed by atoms with Gasteiger partial charge in [0.25, 0.3) is 5.91 Å². The molecular weight excluding hydrogens is 431 g/mol. The molecule has 0 spiro atoms. The van der Waals surface area contributed by atoms with Crippen LogP contribution >= 0.6 is 0 Å². The zero-order valence-electron chi connectivity index (χ0n) is 16.5. The molecule has 0 aliphatic heterocycles. The van der Waals surface area contributed by atoms with Crippen molar-refractivity contribution in [2.24, 2.45) is 0 Å². The van der Waals surface area contributed by atoms with Gasteiger partial charge in [0, 0.05) is 11.3 Å². The third kappa shape index (κ3) is 5.43. The highest BCUT2D eigenvalue weighted by molar-refractivity contribution is 7.87. The molecule has 0 atom stereocenters. The fourth-order valence-corrected chi connectivity index (χ4v) is 4.03. The Balaban J connectivity index is 1.74. The van der Waals surface area contributed by atoms with E-state index in [-0.39, 0.29) is 21.9 Å². The van der Waals surface area contributed by atoms with Crippen molar-refractivity contribution in [2.75, 3.05) is 5.32 Å². The highest BCUT2D eigenvalue weighted by Gasteiger charge is 2.30. The topological polar surface area (TPSA) is 72.5 Å². The molecule has 3 aromatic carbocycles. The minimum Gasteiger partial charge on any atom is -0.379 e. The lowest BCUT2D eigenvalue weighted by atomic mass is 10.1. The van der Waals surface area contributed by atoms with Crippen LogP contribution in [0.5, 0.6) is 5.75 Å². The van der Waals surface area contributed by atoms with Crippen molar-refractivity contribution in [1.29, 1.82) is 0 Å². The van der Waals surface area contributed by atoms with Crippen LogP contribution < -0.4 is 9.50 Å². The molecule has 162 valence electrons. The lowest BCUT2D eigenvalue weighted by molar-refractivity contribution is -0.137. The SMILES string of the molecule is Cc1ccc(C)c(S(=O)(=O)Oc2ccc(C(=O)Nc3cccc(C(F)(F)F)c3)cc2)c1. The summed E-state index contributed by atoms with van der Waals surface area (Å²) >= 11 is 0. The molecule has 0 fully saturated rings. The third-order valence-corrected chi connectivity index (χ3v) is 5.77. The van der Waals surface area contributed by atoms with E-state index >= 15 is 0 Å². The number of hydrogen-bond acceptors (Lipinski definition) is 4. The summed E-state index contributed by atoms with van der Waals surface area (Å²) in [6, 6.07) is 14.4. The van der Waals surface area contributed by atoms with Crippen LogP contribution in [-0.2, 0) is 16.3 Å². The lowest BCUT2D eigenvalue weighted by Crippen LogP contribution is -2.14. The van der Waals surface area contributed by atoms with E-state index in [0.717, 1.165) is 17.7 Å². The Morgan fingerprint density at radius 1 is 0.935 bits per heavy atom. The molecule has 0 bridgehead atoms. The largest absolute Gasteiger partial charge is 0.416 e. The number of benzene rings is 3. The van der Waals surface area contributed by atoms with Gasteiger partial charge in [-0.15, -0.1) is 0 Å². The number of carbonyl (C=O) groups excluding carboxylic acids is 1. The molecule has 31 heavy (non-hydrogen) atoms. The number of amides is 1. The van der Waals surface area contributed by atoms with Crippen LogP contribution in [0.1, 0.15) is 27.0 Å². The van der Waals surface area contributed by atoms with Crippen LogP contribution in [0, 0.1) is 13.8 Å². The molecule has 0 unspecified atom stereocenters. The minimum atomic E-state index is -4.53. The standard InChI is InChI=1S/C22H18F3NO4S/c1-14-6-7-15(2)20(12-14)31(28,29)30-19-10-8-16(9-11-19)21(27)26-18-5-3-4-17(13-18)22(23,24)25/h3-13H,1-2H3,(H,26,27). The van der Waals surface area contributed by atoms with Gasteiger partial charge in [-0.1, -0.05) is 18.2 Å². The third-order valence-electron chi connectivity index (χ3n) is 4.38. The number of carbonyl (C=O) groups is 1. The molecule has 0 aromatic heterocycles. The molecule has 0 saturated carbocycles. The van der Waals surface area contributed by atoms with Crippen molar-refractivity contribution in [1.82, 2.24) is 0 Å². The van der Waals surface area contributed by atoms with Gasteiger partial charge in [0.1, 0.15) is 10.6 Å². The highest BCUT2D eigenvalue weighted by atomic mass is 32.2. The van der Waals surface area contributed by atoms with E-state index in [0.29, 0.717) is 5.56 Å². The fraction of sp³-hybridized carbons (Fsp3) is 0.136. The average Bonchev–Trinajstić information content (AvgIpc) is 2.69. The summed E-state index contributed by atoms with van der Waals surface area (Å²) in [5.41, 5.74) is 0.509. The average molecular weight is 449 g/mol. The molecule has 1 amide bonds. The zero-order chi connectivity index (χ0) is 22.8. The van der Waals surface area contributed by atoms with Crippen LogP contribution in [0.4, 0.5) is 18.9 Å². The van der Waals surface area contributed by atoms with Crippen molar-refractivity contribution in [3.05, 3.63) is 89.0 Å². The smallest absolute Gasteiger partial charge is 0.379 e. The fourth-order valence-electron chi connectivity index (χ4n) is 2.79. The summed E-state index contributed by atoms with van der Waals surface area (Å²) in [5, 5.41) is 2.38. The van der Waals surface area contributed by atoms with Gasteiger partial charge in [0.15, 0.2) is 0 Å². The van der Waals surface area contributed by atoms with Gasteiger partial charge in [-0.05, 0) is 73.5 Å². The summed E-state index contributed by atoms with van der Waals surface area (Å²) in [5.74, 6) is -0.653. The summed E-state index contributed by atoms with van der Waals surface area (Å²) in [7, 11) is -4.07. The molecule has 3 aromatic rings. The highest BCUT2D eigenvalue weighted by Crippen LogP contribution is 2.31. The second-order valence-corrected chi connectivity index (χ2v) is 8.38. The molecule has 0 heterocycles. The molecule has 0 aliphatic carbocycles. The predicted molar refractivity (Wildman–Crippen MR) is 110 cm³/mol. The second kappa shape index (κ2) is 8.43. The summed E-state index contributed by atoms with van der Waals surface area (Å²) in [6.07, 6.45) is -4.53. The van der Waals surface area contributed by atoms with E-state index in [2.05, 4.69) is 5.32 Å². The molecule has 0 saturated heterocycles. The van der Waals surface area contributed by atoms with E-state index in [1.54, 1.807) is 26.0 Å². The van der Waals surface area contributed by atoms with Crippen LogP contribution in [-0.4, -0.2) is 14.3 Å². The molecule has 9 heteroatoms. The maximum absolute atomic E-state index is 12.8. The van der Waals surface area contributed by atoms with Gasteiger partial charge in [-0.3, -0.25) is 4.79 Å². The number of rotatable bonds is 5. The Morgan fingerprint density at radius 2 is 1.61 bits per heavy atom. The molecule has 1 N–H and O–H groups in total. The Labute approximate surface area is 177 Å². The number of alkyl halides is 3. The second-order valence-electron chi connectivity index (χ2n) is 6.86. The summed E-state index contributed by atoms with van der Waals surface area (Å²) in [4.78, 5) is 12.4. The Kier molecular flexibility index (Phi) is 6.08. The summed E-state index contributed by atoms with van der Waals surface area (Å²) in [6.45, 7) is 3.41. The van der Waals surface area contributed by atoms with Crippen molar-refractivity contribution < 1.29 is 30.6 Å². The van der Waals surface area contributed by atoms with E-state index in [1.165, 1.54) is 42.5 Å². The Bertz CT molecular complexity index is 1220. The Hall–Kier alpha value is -3.33. The predicted octanol–water partition coefficient (Wildman–Crippen LogP) is 5.34. The number of nitrogens with one attached hydrogen (secondary N) is 1. The van der Waals surface area contributed by atoms with Gasteiger partial charge in [0.05, 0.1) is 5.56 Å². The number of halogens is 3. The van der Waals surface area contributed by atoms with Gasteiger partial charge >= 0.3 is 16.3 Å². The van der Waals surface area contributed by atoms with Crippen LogP contribution in [0.2, 0.25) is 0 Å². The lowest BCUT2D eigenvalue weighted by Gasteiger charge is -2.11. The zero-order valence-corrected chi connectivity index (χ0v) is 17.3. The first-order valence-electron chi connectivity index (χ1n) is 9.06. The number of hydrogen-bond donors (Lipinski definition) is 1. The van der Waals surface area contributed by atoms with Gasteiger partial charge in [0.2, 0.25) is 0 Å². The van der Waals surface area contributed by atoms with E-state index in [4.69, 9.17) is 4.18 Å². The maximum Gasteiger partial charge on any atom is 0.416 e. The number of anilines is 1. The van der Waals surface area contributed by atoms with E-state index in [1.807, 2.05) is 0 Å². The monoisotopic (exact) mass is 449 g/mol. The molecular formula is C22H18F3NO4S. The molecule has 0 radical (unpaired) electrons. The first-order valence-corrected chi connectivity index (χ1v) is 10.5. The summed E-state index contributed by atoms with van der Waals surface area (Å²) < 4.78 is 68.7. The van der Waals surface area contributed by atoms with Crippen LogP contribution in [0.15, 0.2) is 71.6 Å². The molecule has 5 nitrogen and oxygen atoms in total. The normalized spacial score (nSPS) is 11.8. The maximum atomic E-state index is 12.8. The van der Waals surface area contributed by atoms with Crippen molar-refractivity contribution in [3.8, 4) is 5.75 Å². The van der Waals surface area contributed by atoms with Crippen LogP contribution in [0.3, 0.4) is 0 Å². The first kappa shape index (κ1) is 22.4. The van der Waals surface area contributed by atoms with Gasteiger partial charge < -0.3 is 9.50 Å². The first-order chi connectivity index (χ1) is 14.5. The van der Waals surface area contributed by atoms with Crippen molar-refractivity contribution in [3.63, 3.8) is 0 Å². The van der Waals surface area contributed by atoms with Gasteiger partial charge in [-0.2, -0.15) is 21.6 Å². The van der Waals surface area contributed by atoms with E-state index < -0.39 is 27.8 Å².